The van der Waals surface area contributed by atoms with Crippen molar-refractivity contribution in [3.05, 3.63) is 34.9 Å². The van der Waals surface area contributed by atoms with Gasteiger partial charge in [0.2, 0.25) is 0 Å². The maximum Gasteiger partial charge on any atom is 0.0810 e. The number of hydrogen-bond donors (Lipinski definition) is 1. The Hall–Kier alpha value is -0.570. The summed E-state index contributed by atoms with van der Waals surface area (Å²) in [5, 5.41) is 4.36. The summed E-state index contributed by atoms with van der Waals surface area (Å²) in [7, 11) is 0. The molecule has 0 spiro atoms. The lowest BCUT2D eigenvalue weighted by molar-refractivity contribution is -0.0654. The van der Waals surface area contributed by atoms with E-state index < -0.39 is 0 Å². The fourth-order valence-electron chi connectivity index (χ4n) is 3.06. The normalized spacial score (nSPS) is 18.4. The fraction of sp³-hybridized carbons (Fsp3) is 0.667. The monoisotopic (exact) mass is 309 g/mol. The standard InChI is InChI=1S/C18H28ClNO/c1-2-13-20-15-18(11-5-3-4-6-12-18)21-14-16-7-9-17(19)10-8-16/h7-10,20H,2-6,11-15H2,1H3. The van der Waals surface area contributed by atoms with Crippen LogP contribution >= 0.6 is 11.6 Å². The fourth-order valence-corrected chi connectivity index (χ4v) is 3.18. The number of nitrogens with one attached hydrogen (secondary N) is 1. The molecule has 0 heterocycles. The van der Waals surface area contributed by atoms with Crippen molar-refractivity contribution in [2.24, 2.45) is 0 Å². The van der Waals surface area contributed by atoms with Crippen molar-refractivity contribution in [2.45, 2.75) is 64.1 Å². The zero-order valence-electron chi connectivity index (χ0n) is 13.2. The molecule has 1 aromatic carbocycles. The Bertz CT molecular complexity index is 396. The highest BCUT2D eigenvalue weighted by Gasteiger charge is 2.31. The van der Waals surface area contributed by atoms with Crippen LogP contribution in [0.1, 0.15) is 57.4 Å². The summed E-state index contributed by atoms with van der Waals surface area (Å²) in [6.45, 7) is 4.95. The first-order chi connectivity index (χ1) is 10.2. The van der Waals surface area contributed by atoms with Gasteiger partial charge in [-0.2, -0.15) is 0 Å². The highest BCUT2D eigenvalue weighted by molar-refractivity contribution is 6.30. The first-order valence-electron chi connectivity index (χ1n) is 8.33. The summed E-state index contributed by atoms with van der Waals surface area (Å²) in [5.41, 5.74) is 1.23. The quantitative estimate of drug-likeness (QED) is 0.568. The number of rotatable bonds is 7. The smallest absolute Gasteiger partial charge is 0.0810 e. The molecule has 0 amide bonds. The molecular formula is C18H28ClNO. The Kier molecular flexibility index (Phi) is 7.01. The van der Waals surface area contributed by atoms with Gasteiger partial charge in [-0.15, -0.1) is 0 Å². The summed E-state index contributed by atoms with van der Waals surface area (Å²) in [6, 6.07) is 8.00. The lowest BCUT2D eigenvalue weighted by Crippen LogP contribution is -2.43. The van der Waals surface area contributed by atoms with Crippen LogP contribution < -0.4 is 5.32 Å². The van der Waals surface area contributed by atoms with Crippen LogP contribution in [0.3, 0.4) is 0 Å². The topological polar surface area (TPSA) is 21.3 Å². The number of benzene rings is 1. The lowest BCUT2D eigenvalue weighted by atomic mass is 9.93. The molecule has 1 N–H and O–H groups in total. The van der Waals surface area contributed by atoms with Gasteiger partial charge in [0.05, 0.1) is 12.2 Å². The predicted molar refractivity (Wildman–Crippen MR) is 89.8 cm³/mol. The second-order valence-electron chi connectivity index (χ2n) is 6.19. The van der Waals surface area contributed by atoms with E-state index in [0.717, 1.165) is 18.1 Å². The van der Waals surface area contributed by atoms with Crippen molar-refractivity contribution in [2.75, 3.05) is 13.1 Å². The Morgan fingerprint density at radius 3 is 2.38 bits per heavy atom. The average Bonchev–Trinajstić information content (AvgIpc) is 2.73. The molecule has 1 aromatic rings. The van der Waals surface area contributed by atoms with Gasteiger partial charge in [0.1, 0.15) is 0 Å². The molecule has 3 heteroatoms. The van der Waals surface area contributed by atoms with Gasteiger partial charge in [-0.1, -0.05) is 56.3 Å². The van der Waals surface area contributed by atoms with Crippen LogP contribution in [-0.4, -0.2) is 18.7 Å². The average molecular weight is 310 g/mol. The van der Waals surface area contributed by atoms with Crippen molar-refractivity contribution >= 4 is 11.6 Å². The third kappa shape index (κ3) is 5.61. The number of halogens is 1. The van der Waals surface area contributed by atoms with E-state index in [2.05, 4.69) is 24.4 Å². The number of ether oxygens (including phenoxy) is 1. The Morgan fingerprint density at radius 1 is 1.10 bits per heavy atom. The van der Waals surface area contributed by atoms with E-state index >= 15 is 0 Å². The SMILES string of the molecule is CCCNCC1(OCc2ccc(Cl)cc2)CCCCCC1. The van der Waals surface area contributed by atoms with Gasteiger partial charge in [0.15, 0.2) is 0 Å². The molecule has 1 fully saturated rings. The molecule has 118 valence electrons. The van der Waals surface area contributed by atoms with E-state index in [1.807, 2.05) is 12.1 Å². The van der Waals surface area contributed by atoms with Crippen LogP contribution in [0.15, 0.2) is 24.3 Å². The molecule has 0 unspecified atom stereocenters. The molecule has 1 aliphatic carbocycles. The van der Waals surface area contributed by atoms with Crippen LogP contribution in [0.2, 0.25) is 5.02 Å². The molecule has 0 aliphatic heterocycles. The number of hydrogen-bond acceptors (Lipinski definition) is 2. The van der Waals surface area contributed by atoms with Gasteiger partial charge in [-0.05, 0) is 43.5 Å². The molecule has 21 heavy (non-hydrogen) atoms. The highest BCUT2D eigenvalue weighted by atomic mass is 35.5. The second-order valence-corrected chi connectivity index (χ2v) is 6.63. The summed E-state index contributed by atoms with van der Waals surface area (Å²) < 4.78 is 6.42. The molecule has 1 saturated carbocycles. The Labute approximate surface area is 134 Å². The Balaban J connectivity index is 1.95. The van der Waals surface area contributed by atoms with Gasteiger partial charge in [-0.25, -0.2) is 0 Å². The maximum absolute atomic E-state index is 6.42. The molecule has 1 aliphatic rings. The van der Waals surface area contributed by atoms with Crippen molar-refractivity contribution in [1.29, 1.82) is 0 Å². The molecule has 0 aromatic heterocycles. The van der Waals surface area contributed by atoms with Gasteiger partial charge < -0.3 is 10.1 Å². The minimum Gasteiger partial charge on any atom is -0.369 e. The second kappa shape index (κ2) is 8.77. The predicted octanol–water partition coefficient (Wildman–Crippen LogP) is 4.95. The molecule has 2 rings (SSSR count). The summed E-state index contributed by atoms with van der Waals surface area (Å²) in [6.07, 6.45) is 8.80. The molecule has 0 bridgehead atoms. The van der Waals surface area contributed by atoms with Crippen LogP contribution in [0.5, 0.6) is 0 Å². The Morgan fingerprint density at radius 2 is 1.76 bits per heavy atom. The molecule has 2 nitrogen and oxygen atoms in total. The minimum atomic E-state index is 0.0192. The van der Waals surface area contributed by atoms with E-state index in [4.69, 9.17) is 16.3 Å². The highest BCUT2D eigenvalue weighted by Crippen LogP contribution is 2.31. The minimum absolute atomic E-state index is 0.0192. The van der Waals surface area contributed by atoms with Crippen LogP contribution in [-0.2, 0) is 11.3 Å². The van der Waals surface area contributed by atoms with Crippen LogP contribution in [0.4, 0.5) is 0 Å². The first kappa shape index (κ1) is 16.8. The van der Waals surface area contributed by atoms with Crippen molar-refractivity contribution in [3.8, 4) is 0 Å². The zero-order valence-corrected chi connectivity index (χ0v) is 13.9. The van der Waals surface area contributed by atoms with Gasteiger partial charge >= 0.3 is 0 Å². The van der Waals surface area contributed by atoms with E-state index in [0.29, 0.717) is 6.61 Å². The third-order valence-corrected chi connectivity index (χ3v) is 4.60. The molecule has 0 radical (unpaired) electrons. The maximum atomic E-state index is 6.42. The van der Waals surface area contributed by atoms with Crippen molar-refractivity contribution in [3.63, 3.8) is 0 Å². The molecule has 0 saturated heterocycles. The van der Waals surface area contributed by atoms with Gasteiger partial charge in [0, 0.05) is 11.6 Å². The first-order valence-corrected chi connectivity index (χ1v) is 8.71. The van der Waals surface area contributed by atoms with Crippen LogP contribution in [0.25, 0.3) is 0 Å². The summed E-state index contributed by atoms with van der Waals surface area (Å²) in [5.74, 6) is 0. The van der Waals surface area contributed by atoms with Gasteiger partial charge in [-0.3, -0.25) is 0 Å². The van der Waals surface area contributed by atoms with Crippen molar-refractivity contribution < 1.29 is 4.74 Å². The lowest BCUT2D eigenvalue weighted by Gasteiger charge is -2.33. The molecule has 0 atom stereocenters. The summed E-state index contributed by atoms with van der Waals surface area (Å²) >= 11 is 5.94. The largest absolute Gasteiger partial charge is 0.369 e. The van der Waals surface area contributed by atoms with E-state index in [1.54, 1.807) is 0 Å². The van der Waals surface area contributed by atoms with E-state index in [-0.39, 0.29) is 5.60 Å². The van der Waals surface area contributed by atoms with E-state index in [1.165, 1.54) is 50.5 Å². The van der Waals surface area contributed by atoms with Crippen LogP contribution in [0, 0.1) is 0 Å². The van der Waals surface area contributed by atoms with Crippen molar-refractivity contribution in [1.82, 2.24) is 5.32 Å². The summed E-state index contributed by atoms with van der Waals surface area (Å²) in [4.78, 5) is 0. The molecular weight excluding hydrogens is 282 g/mol. The van der Waals surface area contributed by atoms with Gasteiger partial charge in [0.25, 0.3) is 0 Å². The zero-order chi connectivity index (χ0) is 15.0. The van der Waals surface area contributed by atoms with E-state index in [9.17, 15) is 0 Å². The third-order valence-electron chi connectivity index (χ3n) is 4.35.